The molecule has 5 rings (SSSR count). The molecule has 0 spiro atoms. The van der Waals surface area contributed by atoms with Crippen molar-refractivity contribution in [2.24, 2.45) is 0 Å². The molecule has 1 aromatic carbocycles. The molecule has 1 atom stereocenters. The van der Waals surface area contributed by atoms with Crippen LogP contribution in [0.5, 0.6) is 0 Å². The number of carbonyl (C=O) groups excluding carboxylic acids is 2. The van der Waals surface area contributed by atoms with Crippen molar-refractivity contribution in [1.29, 1.82) is 0 Å². The van der Waals surface area contributed by atoms with Gasteiger partial charge < -0.3 is 13.4 Å². The lowest BCUT2D eigenvalue weighted by molar-refractivity contribution is -0.139. The van der Waals surface area contributed by atoms with Gasteiger partial charge in [-0.2, -0.15) is 0 Å². The molecule has 4 aromatic rings. The maximum absolute atomic E-state index is 12.6. The second kappa shape index (κ2) is 6.45. The lowest BCUT2D eigenvalue weighted by Crippen LogP contribution is -2.45. The Labute approximate surface area is 162 Å². The van der Waals surface area contributed by atoms with Gasteiger partial charge in [0, 0.05) is 16.8 Å². The Morgan fingerprint density at radius 2 is 2.21 bits per heavy atom. The number of carbonyl (C=O) groups is 2. The molecule has 1 fully saturated rings. The fourth-order valence-electron chi connectivity index (χ4n) is 3.28. The van der Waals surface area contributed by atoms with E-state index in [4.69, 9.17) is 13.4 Å². The molecule has 1 aliphatic rings. The minimum atomic E-state index is -0.381. The highest BCUT2D eigenvalue weighted by atomic mass is 32.2. The molecule has 2 amide bonds. The summed E-state index contributed by atoms with van der Waals surface area (Å²) in [5.74, 6) is 0.351. The minimum Gasteiger partial charge on any atom is -0.466 e. The second-order valence-corrected chi connectivity index (χ2v) is 7.62. The van der Waals surface area contributed by atoms with Crippen LogP contribution in [0.3, 0.4) is 0 Å². The van der Waals surface area contributed by atoms with Crippen LogP contribution in [0.1, 0.15) is 22.4 Å². The molecule has 1 unspecified atom stereocenters. The van der Waals surface area contributed by atoms with E-state index in [1.165, 1.54) is 16.8 Å². The Morgan fingerprint density at radius 1 is 1.32 bits per heavy atom. The van der Waals surface area contributed by atoms with E-state index in [9.17, 15) is 9.59 Å². The average molecular weight is 397 g/mol. The number of aryl methyl sites for hydroxylation is 1. The molecule has 9 heteroatoms. The highest BCUT2D eigenvalue weighted by molar-refractivity contribution is 8.00. The Hall–Kier alpha value is -3.20. The summed E-state index contributed by atoms with van der Waals surface area (Å²) in [6, 6.07) is 7.20. The van der Waals surface area contributed by atoms with Crippen LogP contribution >= 0.6 is 11.8 Å². The molecule has 0 bridgehead atoms. The van der Waals surface area contributed by atoms with E-state index in [2.05, 4.69) is 10.6 Å². The van der Waals surface area contributed by atoms with Crippen LogP contribution in [0.15, 0.2) is 50.1 Å². The standard InChI is InChI=1S/C19H15N3O5S/c1-10-8-26-15-7-16-12(5-11(10)15)13(21-27-16)6-17(23)20-22-18(24)9-28-19(22)14-3-2-4-25-14/h2-5,7-8,19H,6,9H2,1H3,(H,20,23). The Bertz CT molecular complexity index is 1190. The molecular weight excluding hydrogens is 382 g/mol. The fraction of sp³-hybridized carbons (Fsp3) is 0.211. The number of aromatic nitrogens is 1. The highest BCUT2D eigenvalue weighted by Gasteiger charge is 2.36. The van der Waals surface area contributed by atoms with Crippen LogP contribution in [0.25, 0.3) is 21.9 Å². The first-order valence-electron chi connectivity index (χ1n) is 8.63. The van der Waals surface area contributed by atoms with Crippen molar-refractivity contribution in [3.05, 3.63) is 53.8 Å². The first kappa shape index (κ1) is 16.9. The van der Waals surface area contributed by atoms with E-state index < -0.39 is 0 Å². The zero-order chi connectivity index (χ0) is 19.3. The smallest absolute Gasteiger partial charge is 0.252 e. The minimum absolute atomic E-state index is 0.0191. The van der Waals surface area contributed by atoms with Gasteiger partial charge in [0.15, 0.2) is 11.0 Å². The summed E-state index contributed by atoms with van der Waals surface area (Å²) in [5.41, 5.74) is 5.43. The van der Waals surface area contributed by atoms with Gasteiger partial charge in [-0.1, -0.05) is 5.16 Å². The van der Waals surface area contributed by atoms with E-state index in [1.54, 1.807) is 30.7 Å². The van der Waals surface area contributed by atoms with Gasteiger partial charge >= 0.3 is 0 Å². The second-order valence-electron chi connectivity index (χ2n) is 6.55. The topological polar surface area (TPSA) is 102 Å². The third kappa shape index (κ3) is 2.75. The molecule has 1 aliphatic heterocycles. The summed E-state index contributed by atoms with van der Waals surface area (Å²) in [6.45, 7) is 1.95. The van der Waals surface area contributed by atoms with E-state index in [0.29, 0.717) is 22.6 Å². The number of amides is 2. The number of nitrogens with one attached hydrogen (secondary N) is 1. The molecule has 0 radical (unpaired) electrons. The molecule has 0 saturated carbocycles. The maximum atomic E-state index is 12.6. The Balaban J connectivity index is 1.38. The largest absolute Gasteiger partial charge is 0.466 e. The Morgan fingerprint density at radius 3 is 3.04 bits per heavy atom. The van der Waals surface area contributed by atoms with Crippen molar-refractivity contribution in [1.82, 2.24) is 15.6 Å². The molecule has 1 saturated heterocycles. The van der Waals surface area contributed by atoms with Crippen LogP contribution in [0.4, 0.5) is 0 Å². The molecule has 28 heavy (non-hydrogen) atoms. The number of fused-ring (bicyclic) bond motifs is 2. The summed E-state index contributed by atoms with van der Waals surface area (Å²) in [5, 5.41) is 6.65. The zero-order valence-electron chi connectivity index (χ0n) is 14.8. The van der Waals surface area contributed by atoms with Crippen molar-refractivity contribution < 1.29 is 22.9 Å². The molecule has 3 aromatic heterocycles. The molecule has 1 N–H and O–H groups in total. The van der Waals surface area contributed by atoms with Crippen molar-refractivity contribution in [2.75, 3.05) is 5.75 Å². The van der Waals surface area contributed by atoms with Crippen LogP contribution in [0, 0.1) is 6.92 Å². The monoisotopic (exact) mass is 397 g/mol. The van der Waals surface area contributed by atoms with Gasteiger partial charge in [-0.05, 0) is 30.7 Å². The summed E-state index contributed by atoms with van der Waals surface area (Å²) < 4.78 is 16.2. The normalized spacial score (nSPS) is 17.1. The molecule has 0 aliphatic carbocycles. The predicted octanol–water partition coefficient (Wildman–Crippen LogP) is 3.32. The van der Waals surface area contributed by atoms with Crippen molar-refractivity contribution in [3.8, 4) is 0 Å². The summed E-state index contributed by atoms with van der Waals surface area (Å²) in [6.07, 6.45) is 3.20. The first-order chi connectivity index (χ1) is 13.6. The maximum Gasteiger partial charge on any atom is 0.252 e. The van der Waals surface area contributed by atoms with E-state index in [-0.39, 0.29) is 29.4 Å². The number of nitrogens with zero attached hydrogens (tertiary/aromatic N) is 2. The number of hydrogen-bond donors (Lipinski definition) is 1. The predicted molar refractivity (Wildman–Crippen MR) is 101 cm³/mol. The third-order valence-electron chi connectivity index (χ3n) is 4.66. The SMILES string of the molecule is Cc1coc2cc3onc(CC(=O)NN4C(=O)CSC4c4ccco4)c3cc12. The van der Waals surface area contributed by atoms with Gasteiger partial charge in [0.2, 0.25) is 5.91 Å². The summed E-state index contributed by atoms with van der Waals surface area (Å²) in [4.78, 5) is 24.8. The van der Waals surface area contributed by atoms with E-state index in [1.807, 2.05) is 13.0 Å². The number of hydrogen-bond acceptors (Lipinski definition) is 7. The number of hydrazine groups is 1. The molecule has 4 heterocycles. The Kier molecular flexibility index (Phi) is 3.90. The number of rotatable bonds is 4. The number of furan rings is 2. The van der Waals surface area contributed by atoms with Crippen molar-refractivity contribution >= 4 is 45.5 Å². The highest BCUT2D eigenvalue weighted by Crippen LogP contribution is 2.37. The van der Waals surface area contributed by atoms with Gasteiger partial charge in [-0.15, -0.1) is 11.8 Å². The van der Waals surface area contributed by atoms with E-state index in [0.717, 1.165) is 16.3 Å². The van der Waals surface area contributed by atoms with Crippen molar-refractivity contribution in [3.63, 3.8) is 0 Å². The molecule has 142 valence electrons. The number of thioether (sulfide) groups is 1. The summed E-state index contributed by atoms with van der Waals surface area (Å²) in [7, 11) is 0. The van der Waals surface area contributed by atoms with Crippen LogP contribution in [-0.4, -0.2) is 27.7 Å². The first-order valence-corrected chi connectivity index (χ1v) is 9.67. The van der Waals surface area contributed by atoms with Gasteiger partial charge in [-0.25, -0.2) is 5.01 Å². The van der Waals surface area contributed by atoms with E-state index >= 15 is 0 Å². The lowest BCUT2D eigenvalue weighted by Gasteiger charge is -2.22. The van der Waals surface area contributed by atoms with Crippen LogP contribution in [-0.2, 0) is 16.0 Å². The van der Waals surface area contributed by atoms with Crippen LogP contribution in [0.2, 0.25) is 0 Å². The van der Waals surface area contributed by atoms with Crippen molar-refractivity contribution in [2.45, 2.75) is 18.7 Å². The van der Waals surface area contributed by atoms with Gasteiger partial charge in [0.1, 0.15) is 17.0 Å². The fourth-order valence-corrected chi connectivity index (χ4v) is 4.33. The average Bonchev–Trinajstić information content (AvgIpc) is 3.45. The molecular formula is C19H15N3O5S. The zero-order valence-corrected chi connectivity index (χ0v) is 15.6. The lowest BCUT2D eigenvalue weighted by atomic mass is 10.1. The number of benzene rings is 1. The van der Waals surface area contributed by atoms with Gasteiger partial charge in [0.25, 0.3) is 5.91 Å². The van der Waals surface area contributed by atoms with Gasteiger partial charge in [0.05, 0.1) is 24.7 Å². The molecule has 8 nitrogen and oxygen atoms in total. The quantitative estimate of drug-likeness (QED) is 0.563. The van der Waals surface area contributed by atoms with Crippen LogP contribution < -0.4 is 5.43 Å². The van der Waals surface area contributed by atoms with Gasteiger partial charge in [-0.3, -0.25) is 15.0 Å². The third-order valence-corrected chi connectivity index (χ3v) is 5.83. The summed E-state index contributed by atoms with van der Waals surface area (Å²) >= 11 is 1.40.